The number of piperidine rings is 1. The summed E-state index contributed by atoms with van der Waals surface area (Å²) in [5, 5.41) is 6.26. The smallest absolute Gasteiger partial charge is 0.220 e. The summed E-state index contributed by atoms with van der Waals surface area (Å²) >= 11 is 0. The molecule has 0 radical (unpaired) electrons. The van der Waals surface area contributed by atoms with Gasteiger partial charge in [-0.3, -0.25) is 9.69 Å². The molecule has 36 heavy (non-hydrogen) atoms. The molecule has 2 saturated heterocycles. The lowest BCUT2D eigenvalue weighted by Crippen LogP contribution is -2.52. The number of unbranched alkanes of at least 4 members (excludes halogenated alkanes) is 1. The first-order valence-corrected chi connectivity index (χ1v) is 15.3. The Hall–Kier alpha value is -1.68. The molecule has 2 aliphatic rings. The van der Waals surface area contributed by atoms with E-state index in [0.29, 0.717) is 38.0 Å². The summed E-state index contributed by atoms with van der Waals surface area (Å²) in [5.74, 6) is 1.58. The maximum atomic E-state index is 12.5. The highest BCUT2D eigenvalue weighted by Gasteiger charge is 2.32. The molecule has 2 aliphatic heterocycles. The van der Waals surface area contributed by atoms with Crippen molar-refractivity contribution in [3.63, 3.8) is 0 Å². The van der Waals surface area contributed by atoms with Crippen LogP contribution in [0.4, 0.5) is 0 Å². The average molecular weight is 523 g/mol. The number of amides is 1. The number of likely N-dealkylation sites (tertiary alicyclic amines) is 1. The number of carbonyl (C=O) groups is 1. The summed E-state index contributed by atoms with van der Waals surface area (Å²) in [6, 6.07) is 4.64. The molecule has 204 valence electrons. The van der Waals surface area contributed by atoms with Crippen LogP contribution in [0.15, 0.2) is 12.1 Å². The standard InChI is InChI=1S/C27H46N4O4S/c1-20-21(2)26(35-14-7-6-12-28-4)11-10-25(20)22(3)30-17-24(18-30)16-29-27(32)15-23-9-8-13-31(19-23)36(5,33)34/h10-11,22-24,28H,6-9,12-19H2,1-5H3,(H,29,32). The lowest BCUT2D eigenvalue weighted by Gasteiger charge is -2.44. The quantitative estimate of drug-likeness (QED) is 0.387. The van der Waals surface area contributed by atoms with Crippen LogP contribution in [-0.4, -0.2) is 82.7 Å². The first-order chi connectivity index (χ1) is 17.1. The van der Waals surface area contributed by atoms with Crippen LogP contribution in [0.2, 0.25) is 0 Å². The van der Waals surface area contributed by atoms with E-state index >= 15 is 0 Å². The summed E-state index contributed by atoms with van der Waals surface area (Å²) in [4.78, 5) is 14.9. The molecular weight excluding hydrogens is 476 g/mol. The van der Waals surface area contributed by atoms with E-state index in [1.54, 1.807) is 0 Å². The van der Waals surface area contributed by atoms with Gasteiger partial charge in [-0.25, -0.2) is 12.7 Å². The predicted octanol–water partition coefficient (Wildman–Crippen LogP) is 2.85. The third-order valence-electron chi connectivity index (χ3n) is 7.85. The molecule has 1 aromatic carbocycles. The Morgan fingerprint density at radius 1 is 1.14 bits per heavy atom. The molecule has 2 fully saturated rings. The van der Waals surface area contributed by atoms with Crippen molar-refractivity contribution < 1.29 is 17.9 Å². The molecule has 2 N–H and O–H groups in total. The van der Waals surface area contributed by atoms with Gasteiger partial charge in [-0.15, -0.1) is 0 Å². The number of nitrogens with zero attached hydrogens (tertiary/aromatic N) is 2. The SMILES string of the molecule is CNCCCCOc1ccc(C(C)N2CC(CNC(=O)CC3CCCN(S(C)(=O)=O)C3)C2)c(C)c1C. The third-order valence-corrected chi connectivity index (χ3v) is 9.12. The minimum Gasteiger partial charge on any atom is -0.493 e. The second kappa shape index (κ2) is 13.2. The van der Waals surface area contributed by atoms with Gasteiger partial charge >= 0.3 is 0 Å². The summed E-state index contributed by atoms with van der Waals surface area (Å²) in [7, 11) is -1.21. The first-order valence-electron chi connectivity index (χ1n) is 13.4. The molecule has 1 aromatic rings. The van der Waals surface area contributed by atoms with E-state index in [0.717, 1.165) is 57.7 Å². The lowest BCUT2D eigenvalue weighted by atomic mass is 9.91. The topological polar surface area (TPSA) is 91.0 Å². The van der Waals surface area contributed by atoms with Gasteiger partial charge in [0.05, 0.1) is 12.9 Å². The molecule has 8 nitrogen and oxygen atoms in total. The van der Waals surface area contributed by atoms with Crippen LogP contribution in [-0.2, 0) is 14.8 Å². The highest BCUT2D eigenvalue weighted by molar-refractivity contribution is 7.88. The van der Waals surface area contributed by atoms with Gasteiger partial charge in [0.25, 0.3) is 0 Å². The Morgan fingerprint density at radius 2 is 1.89 bits per heavy atom. The van der Waals surface area contributed by atoms with Crippen LogP contribution in [0.5, 0.6) is 5.75 Å². The number of nitrogens with one attached hydrogen (secondary N) is 2. The van der Waals surface area contributed by atoms with Crippen LogP contribution >= 0.6 is 0 Å². The largest absolute Gasteiger partial charge is 0.493 e. The van der Waals surface area contributed by atoms with Crippen molar-refractivity contribution in [1.29, 1.82) is 0 Å². The Kier molecular flexibility index (Phi) is 10.6. The number of hydrogen-bond donors (Lipinski definition) is 2. The minimum atomic E-state index is -3.18. The fourth-order valence-electron chi connectivity index (χ4n) is 5.35. The second-order valence-corrected chi connectivity index (χ2v) is 12.7. The van der Waals surface area contributed by atoms with Crippen LogP contribution in [0.3, 0.4) is 0 Å². The zero-order valence-electron chi connectivity index (χ0n) is 22.8. The third kappa shape index (κ3) is 7.91. The van der Waals surface area contributed by atoms with Crippen LogP contribution in [0.25, 0.3) is 0 Å². The summed E-state index contributed by atoms with van der Waals surface area (Å²) in [6.45, 7) is 12.0. The minimum absolute atomic E-state index is 0.0369. The van der Waals surface area contributed by atoms with Crippen molar-refractivity contribution in [3.05, 3.63) is 28.8 Å². The van der Waals surface area contributed by atoms with Gasteiger partial charge < -0.3 is 15.4 Å². The molecule has 2 unspecified atom stereocenters. The van der Waals surface area contributed by atoms with Gasteiger partial charge in [0.2, 0.25) is 15.9 Å². The first kappa shape index (κ1) is 28.9. The molecule has 2 atom stereocenters. The summed E-state index contributed by atoms with van der Waals surface area (Å²) in [6.07, 6.45) is 5.54. The predicted molar refractivity (Wildman–Crippen MR) is 145 cm³/mol. The Labute approximate surface area is 218 Å². The number of carbonyl (C=O) groups excluding carboxylic acids is 1. The molecule has 1 amide bonds. The lowest BCUT2D eigenvalue weighted by molar-refractivity contribution is -0.122. The van der Waals surface area contributed by atoms with Crippen molar-refractivity contribution in [2.24, 2.45) is 11.8 Å². The van der Waals surface area contributed by atoms with E-state index in [1.807, 2.05) is 7.05 Å². The van der Waals surface area contributed by atoms with Gasteiger partial charge in [0, 0.05) is 51.1 Å². The van der Waals surface area contributed by atoms with Crippen LogP contribution in [0.1, 0.15) is 61.8 Å². The van der Waals surface area contributed by atoms with E-state index in [1.165, 1.54) is 27.3 Å². The fourth-order valence-corrected chi connectivity index (χ4v) is 6.29. The number of hydrogen-bond acceptors (Lipinski definition) is 6. The van der Waals surface area contributed by atoms with Crippen molar-refractivity contribution >= 4 is 15.9 Å². The van der Waals surface area contributed by atoms with Gasteiger partial charge in [-0.2, -0.15) is 0 Å². The highest BCUT2D eigenvalue weighted by atomic mass is 32.2. The Balaban J connectivity index is 1.40. The van der Waals surface area contributed by atoms with Gasteiger partial charge in [-0.05, 0) is 88.7 Å². The average Bonchev–Trinajstić information content (AvgIpc) is 2.80. The van der Waals surface area contributed by atoms with Crippen molar-refractivity contribution in [3.8, 4) is 5.75 Å². The zero-order valence-corrected chi connectivity index (χ0v) is 23.6. The number of benzene rings is 1. The fraction of sp³-hybridized carbons (Fsp3) is 0.741. The number of rotatable bonds is 13. The molecular formula is C27H46N4O4S. The zero-order chi connectivity index (χ0) is 26.3. The van der Waals surface area contributed by atoms with Crippen LogP contribution in [0, 0.1) is 25.7 Å². The monoisotopic (exact) mass is 522 g/mol. The summed E-state index contributed by atoms with van der Waals surface area (Å²) < 4.78 is 31.2. The molecule has 0 aromatic heterocycles. The van der Waals surface area contributed by atoms with E-state index in [-0.39, 0.29) is 11.8 Å². The Morgan fingerprint density at radius 3 is 2.58 bits per heavy atom. The van der Waals surface area contributed by atoms with Gasteiger partial charge in [0.15, 0.2) is 0 Å². The highest BCUT2D eigenvalue weighted by Crippen LogP contribution is 2.34. The number of sulfonamides is 1. The van der Waals surface area contributed by atoms with Crippen molar-refractivity contribution in [2.75, 3.05) is 59.2 Å². The molecule has 0 saturated carbocycles. The van der Waals surface area contributed by atoms with Gasteiger partial charge in [0.1, 0.15) is 5.75 Å². The second-order valence-electron chi connectivity index (χ2n) is 10.7. The maximum Gasteiger partial charge on any atom is 0.220 e. The summed E-state index contributed by atoms with van der Waals surface area (Å²) in [5.41, 5.74) is 3.85. The molecule has 0 aliphatic carbocycles. The van der Waals surface area contributed by atoms with E-state index in [4.69, 9.17) is 4.74 Å². The molecule has 9 heteroatoms. The van der Waals surface area contributed by atoms with Crippen LogP contribution < -0.4 is 15.4 Å². The Bertz CT molecular complexity index is 978. The van der Waals surface area contributed by atoms with E-state index < -0.39 is 10.0 Å². The van der Waals surface area contributed by atoms with Crippen molar-refractivity contribution in [1.82, 2.24) is 19.8 Å². The normalized spacial score (nSPS) is 20.6. The van der Waals surface area contributed by atoms with Crippen molar-refractivity contribution in [2.45, 2.75) is 58.9 Å². The molecule has 2 heterocycles. The van der Waals surface area contributed by atoms with E-state index in [2.05, 4.69) is 48.4 Å². The van der Waals surface area contributed by atoms with Gasteiger partial charge in [-0.1, -0.05) is 6.07 Å². The maximum absolute atomic E-state index is 12.5. The number of ether oxygens (including phenoxy) is 1. The molecule has 0 bridgehead atoms. The molecule has 0 spiro atoms. The van der Waals surface area contributed by atoms with E-state index in [9.17, 15) is 13.2 Å². The molecule has 3 rings (SSSR count).